The summed E-state index contributed by atoms with van der Waals surface area (Å²) in [6.07, 6.45) is 2.40. The zero-order valence-electron chi connectivity index (χ0n) is 9.70. The Kier molecular flexibility index (Phi) is 3.11. The van der Waals surface area contributed by atoms with E-state index < -0.39 is 0 Å². The molecule has 2 amide bonds. The number of piperidine rings is 1. The minimum absolute atomic E-state index is 0.227. The maximum absolute atomic E-state index is 11.9. The van der Waals surface area contributed by atoms with E-state index in [1.807, 2.05) is 0 Å². The molecule has 0 spiro atoms. The number of hydrogen-bond acceptors (Lipinski definition) is 3. The summed E-state index contributed by atoms with van der Waals surface area (Å²) >= 11 is 9.40. The molecule has 1 saturated heterocycles. The van der Waals surface area contributed by atoms with E-state index in [0.29, 0.717) is 23.4 Å². The number of hydrogen-bond donors (Lipinski definition) is 1. The quantitative estimate of drug-likeness (QED) is 0.808. The van der Waals surface area contributed by atoms with Crippen molar-refractivity contribution in [1.29, 1.82) is 0 Å². The SMILES string of the molecule is O=C1CCC(c2coc3cc(Br)c(Cl)cc23)C(=O)N1. The second kappa shape index (κ2) is 4.65. The van der Waals surface area contributed by atoms with Crippen LogP contribution in [0.15, 0.2) is 27.3 Å². The maximum Gasteiger partial charge on any atom is 0.234 e. The number of carbonyl (C=O) groups is 2. The van der Waals surface area contributed by atoms with Gasteiger partial charge in [-0.05, 0) is 34.5 Å². The van der Waals surface area contributed by atoms with Crippen LogP contribution in [0, 0.1) is 0 Å². The molecule has 1 aromatic carbocycles. The highest BCUT2D eigenvalue weighted by Gasteiger charge is 2.30. The Balaban J connectivity index is 2.08. The van der Waals surface area contributed by atoms with Crippen LogP contribution in [0.1, 0.15) is 24.3 Å². The predicted octanol–water partition coefficient (Wildman–Crippen LogP) is 3.37. The normalized spacial score (nSPS) is 19.8. The highest BCUT2D eigenvalue weighted by molar-refractivity contribution is 9.10. The summed E-state index contributed by atoms with van der Waals surface area (Å²) in [5, 5.41) is 3.71. The van der Waals surface area contributed by atoms with Crippen molar-refractivity contribution in [3.05, 3.63) is 33.5 Å². The molecular formula is C13H9BrClNO3. The molecule has 1 unspecified atom stereocenters. The summed E-state index contributed by atoms with van der Waals surface area (Å²) in [5.74, 6) is -0.871. The molecule has 1 atom stereocenters. The molecular weight excluding hydrogens is 334 g/mol. The molecule has 1 aliphatic rings. The van der Waals surface area contributed by atoms with Crippen LogP contribution in [-0.4, -0.2) is 11.8 Å². The van der Waals surface area contributed by atoms with E-state index in [2.05, 4.69) is 21.2 Å². The van der Waals surface area contributed by atoms with Crippen molar-refractivity contribution < 1.29 is 14.0 Å². The molecule has 19 heavy (non-hydrogen) atoms. The van der Waals surface area contributed by atoms with Gasteiger partial charge in [0.25, 0.3) is 0 Å². The Morgan fingerprint density at radius 2 is 2.16 bits per heavy atom. The number of nitrogens with one attached hydrogen (secondary N) is 1. The Morgan fingerprint density at radius 1 is 1.37 bits per heavy atom. The van der Waals surface area contributed by atoms with Crippen molar-refractivity contribution in [3.63, 3.8) is 0 Å². The molecule has 0 radical (unpaired) electrons. The van der Waals surface area contributed by atoms with Gasteiger partial charge in [0.05, 0.1) is 17.2 Å². The van der Waals surface area contributed by atoms with E-state index >= 15 is 0 Å². The van der Waals surface area contributed by atoms with Gasteiger partial charge in [-0.25, -0.2) is 0 Å². The fourth-order valence-electron chi connectivity index (χ4n) is 2.30. The predicted molar refractivity (Wildman–Crippen MR) is 74.0 cm³/mol. The van der Waals surface area contributed by atoms with E-state index in [1.54, 1.807) is 18.4 Å². The smallest absolute Gasteiger partial charge is 0.234 e. The summed E-state index contributed by atoms with van der Waals surface area (Å²) in [6.45, 7) is 0. The van der Waals surface area contributed by atoms with Crippen molar-refractivity contribution >= 4 is 50.3 Å². The Morgan fingerprint density at radius 3 is 2.89 bits per heavy atom. The Hall–Kier alpha value is -1.33. The zero-order chi connectivity index (χ0) is 13.6. The van der Waals surface area contributed by atoms with E-state index in [0.717, 1.165) is 15.4 Å². The summed E-state index contributed by atoms with van der Waals surface area (Å²) in [5.41, 5.74) is 1.44. The summed E-state index contributed by atoms with van der Waals surface area (Å²) in [7, 11) is 0. The van der Waals surface area contributed by atoms with Gasteiger partial charge in [-0.15, -0.1) is 0 Å². The number of carbonyl (C=O) groups excluding carboxylic acids is 2. The van der Waals surface area contributed by atoms with E-state index in [1.165, 1.54) is 0 Å². The number of furan rings is 1. The fraction of sp³-hybridized carbons (Fsp3) is 0.231. The second-order valence-electron chi connectivity index (χ2n) is 4.46. The third kappa shape index (κ3) is 2.17. The van der Waals surface area contributed by atoms with Gasteiger partial charge < -0.3 is 4.42 Å². The number of benzene rings is 1. The molecule has 2 heterocycles. The molecule has 3 rings (SSSR count). The van der Waals surface area contributed by atoms with Crippen molar-refractivity contribution in [2.75, 3.05) is 0 Å². The lowest BCUT2D eigenvalue weighted by atomic mass is 9.90. The number of amides is 2. The van der Waals surface area contributed by atoms with Gasteiger partial charge in [0, 0.05) is 21.8 Å². The first-order chi connectivity index (χ1) is 9.06. The molecule has 1 aromatic heterocycles. The molecule has 2 aromatic rings. The monoisotopic (exact) mass is 341 g/mol. The highest BCUT2D eigenvalue weighted by Crippen LogP contribution is 2.36. The van der Waals surface area contributed by atoms with Crippen LogP contribution in [0.2, 0.25) is 5.02 Å². The average molecular weight is 343 g/mol. The van der Waals surface area contributed by atoms with Crippen LogP contribution < -0.4 is 5.32 Å². The molecule has 1 aliphatic heterocycles. The summed E-state index contributed by atoms with van der Waals surface area (Å²) < 4.78 is 6.20. The Bertz CT molecular complexity index is 694. The van der Waals surface area contributed by atoms with Crippen LogP contribution in [-0.2, 0) is 9.59 Å². The summed E-state index contributed by atoms with van der Waals surface area (Å²) in [4.78, 5) is 23.1. The second-order valence-corrected chi connectivity index (χ2v) is 5.72. The van der Waals surface area contributed by atoms with Crippen molar-refractivity contribution in [2.24, 2.45) is 0 Å². The van der Waals surface area contributed by atoms with Gasteiger partial charge in [0.15, 0.2) is 0 Å². The van der Waals surface area contributed by atoms with E-state index in [4.69, 9.17) is 16.0 Å². The lowest BCUT2D eigenvalue weighted by molar-refractivity contribution is -0.134. The third-order valence-electron chi connectivity index (χ3n) is 3.26. The number of fused-ring (bicyclic) bond motifs is 1. The fourth-order valence-corrected chi connectivity index (χ4v) is 2.79. The summed E-state index contributed by atoms with van der Waals surface area (Å²) in [6, 6.07) is 3.54. The molecule has 6 heteroatoms. The van der Waals surface area contributed by atoms with Crippen molar-refractivity contribution in [2.45, 2.75) is 18.8 Å². The van der Waals surface area contributed by atoms with Crippen LogP contribution in [0.4, 0.5) is 0 Å². The highest BCUT2D eigenvalue weighted by atomic mass is 79.9. The molecule has 0 saturated carbocycles. The topological polar surface area (TPSA) is 59.3 Å². The van der Waals surface area contributed by atoms with Crippen molar-refractivity contribution in [3.8, 4) is 0 Å². The lowest BCUT2D eigenvalue weighted by Gasteiger charge is -2.19. The number of rotatable bonds is 1. The first-order valence-electron chi connectivity index (χ1n) is 5.76. The van der Waals surface area contributed by atoms with Crippen LogP contribution in [0.5, 0.6) is 0 Å². The van der Waals surface area contributed by atoms with E-state index in [9.17, 15) is 9.59 Å². The van der Waals surface area contributed by atoms with Gasteiger partial charge in [0.1, 0.15) is 5.58 Å². The Labute approximate surface area is 122 Å². The lowest BCUT2D eigenvalue weighted by Crippen LogP contribution is -2.39. The minimum Gasteiger partial charge on any atom is -0.464 e. The van der Waals surface area contributed by atoms with Gasteiger partial charge in [-0.3, -0.25) is 14.9 Å². The maximum atomic E-state index is 11.9. The van der Waals surface area contributed by atoms with Gasteiger partial charge in [-0.1, -0.05) is 11.6 Å². The number of halogens is 2. The van der Waals surface area contributed by atoms with Crippen LogP contribution >= 0.6 is 27.5 Å². The minimum atomic E-state index is -0.365. The van der Waals surface area contributed by atoms with Gasteiger partial charge in [-0.2, -0.15) is 0 Å². The molecule has 0 aliphatic carbocycles. The average Bonchev–Trinajstić information content (AvgIpc) is 2.73. The number of imide groups is 1. The standard InChI is InChI=1S/C13H9BrClNO3/c14-9-4-11-7(3-10(9)15)8(5-19-11)6-1-2-12(17)16-13(6)18/h3-6H,1-2H2,(H,16,17,18). The van der Waals surface area contributed by atoms with Crippen LogP contribution in [0.25, 0.3) is 11.0 Å². The van der Waals surface area contributed by atoms with Crippen molar-refractivity contribution in [1.82, 2.24) is 5.32 Å². The molecule has 0 bridgehead atoms. The largest absolute Gasteiger partial charge is 0.464 e. The molecule has 4 nitrogen and oxygen atoms in total. The van der Waals surface area contributed by atoms with E-state index in [-0.39, 0.29) is 17.7 Å². The molecule has 98 valence electrons. The molecule has 1 N–H and O–H groups in total. The van der Waals surface area contributed by atoms with Gasteiger partial charge in [0.2, 0.25) is 11.8 Å². The zero-order valence-corrected chi connectivity index (χ0v) is 12.0. The first-order valence-corrected chi connectivity index (χ1v) is 6.93. The van der Waals surface area contributed by atoms with Gasteiger partial charge >= 0.3 is 0 Å². The van der Waals surface area contributed by atoms with Crippen LogP contribution in [0.3, 0.4) is 0 Å². The third-order valence-corrected chi connectivity index (χ3v) is 4.46. The molecule has 1 fully saturated rings. The first kappa shape index (κ1) is 12.7.